The van der Waals surface area contributed by atoms with Gasteiger partial charge in [-0.25, -0.2) is 0 Å². The van der Waals surface area contributed by atoms with Crippen LogP contribution >= 0.6 is 0 Å². The molecule has 6 heavy (non-hydrogen) atoms. The molecule has 38 valence electrons. The monoisotopic (exact) mass is 170 g/mol. The first kappa shape index (κ1) is 9.49. The minimum absolute atomic E-state index is 1.12. The Morgan fingerprint density at radius 1 is 1.50 bits per heavy atom. The van der Waals surface area contributed by atoms with E-state index in [2.05, 4.69) is 30.6 Å². The van der Waals surface area contributed by atoms with Crippen LogP contribution in [-0.2, 0) is 40.2 Å². The van der Waals surface area contributed by atoms with Crippen LogP contribution < -0.4 is 0 Å². The molecule has 0 saturated heterocycles. The van der Waals surface area contributed by atoms with Crippen molar-refractivity contribution in [2.45, 2.75) is 0 Å². The van der Waals surface area contributed by atoms with Crippen molar-refractivity contribution >= 4 is 9.64 Å². The Hall–Kier alpha value is 0.173. The maximum atomic E-state index is 8.57. The molecule has 0 N–H and O–H groups in total. The van der Waals surface area contributed by atoms with Crippen LogP contribution in [0.25, 0.3) is 0 Å². The standard InChI is InChI=1S/2CO.Fe.Ni/c2*1-2;;. The summed E-state index contributed by atoms with van der Waals surface area (Å²) in [7, 11) is 0. The van der Waals surface area contributed by atoms with Crippen molar-refractivity contribution in [3.05, 3.63) is 0 Å². The zero-order valence-corrected chi connectivity index (χ0v) is 4.58. The summed E-state index contributed by atoms with van der Waals surface area (Å²) in [5, 5.41) is 0. The molecule has 0 aliphatic rings. The van der Waals surface area contributed by atoms with Gasteiger partial charge in [0.15, 0.2) is 0 Å². The van der Waals surface area contributed by atoms with E-state index in [9.17, 15) is 0 Å². The fraction of sp³-hybridized carbons (Fsp3) is 0. The summed E-state index contributed by atoms with van der Waals surface area (Å²) < 4.78 is 0. The average Bonchev–Trinajstić information content (AvgIpc) is 1.39. The first-order chi connectivity index (χ1) is 2.83. The quantitative estimate of drug-likeness (QED) is 0.446. The van der Waals surface area contributed by atoms with E-state index in [1.807, 2.05) is 0 Å². The number of rotatable bonds is 0. The van der Waals surface area contributed by atoms with Gasteiger partial charge in [-0.1, -0.05) is 0 Å². The second kappa shape index (κ2) is 19.1. The Bertz CT molecular complexity index is 65.5. The average molecular weight is 171 g/mol. The summed E-state index contributed by atoms with van der Waals surface area (Å²) in [5.41, 5.74) is 0. The molecule has 0 radical (unpaired) electrons. The second-order valence-corrected chi connectivity index (χ2v) is 0.564. The molecule has 0 aromatic rings. The molecule has 0 saturated carbocycles. The molecule has 4 heteroatoms. The Labute approximate surface area is 50.2 Å². The van der Waals surface area contributed by atoms with Crippen molar-refractivity contribution < 1.29 is 40.2 Å². The summed E-state index contributed by atoms with van der Waals surface area (Å²) in [6, 6.07) is 0. The van der Waals surface area contributed by atoms with Crippen LogP contribution in [0.15, 0.2) is 0 Å². The molecule has 0 bridgehead atoms. The van der Waals surface area contributed by atoms with Gasteiger partial charge >= 0.3 is 49.8 Å². The van der Waals surface area contributed by atoms with Gasteiger partial charge in [0.1, 0.15) is 0 Å². The van der Waals surface area contributed by atoms with Gasteiger partial charge in [0.05, 0.1) is 0 Å². The molecule has 0 fully saturated rings. The van der Waals surface area contributed by atoms with E-state index in [-0.39, 0.29) is 0 Å². The van der Waals surface area contributed by atoms with Crippen LogP contribution in [0, 0.1) is 0 Å². The minimum atomic E-state index is 1.12. The van der Waals surface area contributed by atoms with Gasteiger partial charge in [-0.15, -0.1) is 0 Å². The van der Waals surface area contributed by atoms with E-state index in [1.165, 1.54) is 4.79 Å². The van der Waals surface area contributed by atoms with Gasteiger partial charge in [-0.05, 0) is 0 Å². The molecule has 0 atom stereocenters. The van der Waals surface area contributed by atoms with Crippen LogP contribution in [0.2, 0.25) is 0 Å². The molecule has 2 nitrogen and oxygen atoms in total. The van der Waals surface area contributed by atoms with Gasteiger partial charge in [0.25, 0.3) is 0 Å². The Balaban J connectivity index is 0. The second-order valence-electron chi connectivity index (χ2n) is 0.137. The molecule has 0 aliphatic heterocycles. The molecule has 0 rings (SSSR count). The Morgan fingerprint density at radius 2 is 1.50 bits per heavy atom. The van der Waals surface area contributed by atoms with E-state index in [1.54, 1.807) is 0 Å². The third kappa shape index (κ3) is 1400. The molecule has 0 unspecified atom stereocenters. The van der Waals surface area contributed by atoms with Gasteiger partial charge in [0, 0.05) is 0 Å². The molecule has 0 spiro atoms. The Morgan fingerprint density at radius 3 is 1.50 bits per heavy atom. The van der Waals surface area contributed by atoms with Crippen molar-refractivity contribution in [1.29, 1.82) is 0 Å². The van der Waals surface area contributed by atoms with Gasteiger partial charge in [-0.2, -0.15) is 0 Å². The summed E-state index contributed by atoms with van der Waals surface area (Å²) in [5.74, 6) is 0. The number of hydrogen-bond donors (Lipinski definition) is 0. The van der Waals surface area contributed by atoms with Crippen molar-refractivity contribution in [2.24, 2.45) is 0 Å². The predicted molar refractivity (Wildman–Crippen MR) is 11.4 cm³/mol. The SMILES string of the molecule is O=[C]=[Fe].O=[C]=[Ni]. The fourth-order valence-electron chi connectivity index (χ4n) is 0. The molecular weight excluding hydrogens is 171 g/mol. The molecule has 0 aromatic carbocycles. The number of carbonyl (C=O) groups excluding carboxylic acids is 2. The van der Waals surface area contributed by atoms with Crippen LogP contribution in [0.5, 0.6) is 0 Å². The molecular formula is C2FeNiO2. The van der Waals surface area contributed by atoms with Crippen molar-refractivity contribution in [1.82, 2.24) is 0 Å². The maximum absolute atomic E-state index is 8.57. The van der Waals surface area contributed by atoms with E-state index < -0.39 is 0 Å². The van der Waals surface area contributed by atoms with Crippen LogP contribution in [0.4, 0.5) is 0 Å². The van der Waals surface area contributed by atoms with Crippen LogP contribution in [0.1, 0.15) is 0 Å². The summed E-state index contributed by atoms with van der Waals surface area (Å²) in [6.07, 6.45) is 0. The third-order valence-corrected chi connectivity index (χ3v) is 0. The summed E-state index contributed by atoms with van der Waals surface area (Å²) >= 11 is 6.04. The van der Waals surface area contributed by atoms with Gasteiger partial charge in [-0.3, -0.25) is 0 Å². The van der Waals surface area contributed by atoms with Crippen LogP contribution in [-0.4, -0.2) is 9.64 Å². The molecule has 0 aromatic heterocycles. The topological polar surface area (TPSA) is 34.1 Å². The first-order valence-corrected chi connectivity index (χ1v) is 1.79. The fourth-order valence-corrected chi connectivity index (χ4v) is 0. The van der Waals surface area contributed by atoms with Gasteiger partial charge < -0.3 is 0 Å². The first-order valence-electron chi connectivity index (χ1n) is 0.743. The van der Waals surface area contributed by atoms with E-state index in [0.29, 0.717) is 0 Å². The van der Waals surface area contributed by atoms with Crippen molar-refractivity contribution in [3.63, 3.8) is 0 Å². The van der Waals surface area contributed by atoms with Crippen molar-refractivity contribution in [2.75, 3.05) is 0 Å². The van der Waals surface area contributed by atoms with E-state index >= 15 is 0 Å². The van der Waals surface area contributed by atoms with Crippen molar-refractivity contribution in [3.8, 4) is 0 Å². The van der Waals surface area contributed by atoms with Crippen LogP contribution in [0.3, 0.4) is 0 Å². The van der Waals surface area contributed by atoms with E-state index in [0.717, 1.165) is 4.86 Å². The Kier molecular flexibility index (Phi) is 30.2. The number of hydrogen-bond acceptors (Lipinski definition) is 2. The van der Waals surface area contributed by atoms with Gasteiger partial charge in [0.2, 0.25) is 0 Å². The predicted octanol–water partition coefficient (Wildman–Crippen LogP) is -0.799. The molecule has 0 amide bonds. The third-order valence-electron chi connectivity index (χ3n) is 0. The molecule has 0 aliphatic carbocycles. The van der Waals surface area contributed by atoms with E-state index in [4.69, 9.17) is 9.59 Å². The molecule has 0 heterocycles. The normalized spacial score (nSPS) is 3.17. The zero-order chi connectivity index (χ0) is 5.41. The summed E-state index contributed by atoms with van der Waals surface area (Å²) in [4.78, 5) is 19.5. The zero-order valence-electron chi connectivity index (χ0n) is 2.49. The summed E-state index contributed by atoms with van der Waals surface area (Å²) in [6.45, 7) is 0.